The van der Waals surface area contributed by atoms with Gasteiger partial charge in [0.1, 0.15) is 0 Å². The van der Waals surface area contributed by atoms with E-state index in [9.17, 15) is 0 Å². The van der Waals surface area contributed by atoms with E-state index in [0.29, 0.717) is 6.04 Å². The molecule has 1 aliphatic rings. The molecular formula is C4H8KN. The molecule has 0 aliphatic heterocycles. The van der Waals surface area contributed by atoms with Crippen molar-refractivity contribution >= 4 is 0 Å². The molecule has 1 rings (SSSR count). The second kappa shape index (κ2) is 3.58. The minimum absolute atomic E-state index is 0. The molecule has 30 valence electrons. The second-order valence-electron chi connectivity index (χ2n) is 1.63. The Morgan fingerprint density at radius 1 is 1.33 bits per heavy atom. The van der Waals surface area contributed by atoms with Gasteiger partial charge in [-0.25, -0.2) is 0 Å². The average Bonchev–Trinajstić information content (AvgIpc) is 1.30. The largest absolute Gasteiger partial charge is 1.00 e. The fourth-order valence-electron chi connectivity index (χ4n) is 0.408. The van der Waals surface area contributed by atoms with Crippen molar-refractivity contribution < 1.29 is 51.4 Å². The maximum Gasteiger partial charge on any atom is 1.00 e. The van der Waals surface area contributed by atoms with Crippen LogP contribution in [0.25, 0.3) is 5.73 Å². The third-order valence-corrected chi connectivity index (χ3v) is 1.11. The van der Waals surface area contributed by atoms with Crippen molar-refractivity contribution in [3.63, 3.8) is 0 Å². The molecule has 0 spiro atoms. The van der Waals surface area contributed by atoms with Gasteiger partial charge in [-0.15, -0.1) is 6.04 Å². The van der Waals surface area contributed by atoms with Crippen molar-refractivity contribution in [3.05, 3.63) is 5.73 Å². The quantitative estimate of drug-likeness (QED) is 0.341. The van der Waals surface area contributed by atoms with Crippen molar-refractivity contribution in [2.45, 2.75) is 25.3 Å². The monoisotopic (exact) mass is 109 g/mol. The van der Waals surface area contributed by atoms with Crippen LogP contribution in [0.3, 0.4) is 0 Å². The van der Waals surface area contributed by atoms with Gasteiger partial charge in [0.05, 0.1) is 0 Å². The topological polar surface area (TPSA) is 23.8 Å². The van der Waals surface area contributed by atoms with E-state index < -0.39 is 0 Å². The van der Waals surface area contributed by atoms with Crippen LogP contribution in [0.15, 0.2) is 0 Å². The van der Waals surface area contributed by atoms with E-state index in [1.165, 1.54) is 6.42 Å². The average molecular weight is 109 g/mol. The molecule has 0 saturated heterocycles. The van der Waals surface area contributed by atoms with Crippen LogP contribution in [-0.4, -0.2) is 6.04 Å². The maximum atomic E-state index is 6.91. The van der Waals surface area contributed by atoms with E-state index in [1.54, 1.807) is 0 Å². The SMILES string of the molecule is [K+].[NH-]C1CCC1. The summed E-state index contributed by atoms with van der Waals surface area (Å²) in [6, 6.07) is 0.315. The third kappa shape index (κ3) is 2.05. The smallest absolute Gasteiger partial charge is 0.675 e. The molecule has 0 unspecified atom stereocenters. The number of nitrogens with one attached hydrogen (secondary N) is 1. The molecule has 1 aliphatic carbocycles. The van der Waals surface area contributed by atoms with E-state index >= 15 is 0 Å². The Morgan fingerprint density at radius 3 is 1.67 bits per heavy atom. The molecule has 1 N–H and O–H groups in total. The Balaban J connectivity index is 0.000000250. The molecular weight excluding hydrogens is 101 g/mol. The van der Waals surface area contributed by atoms with Gasteiger partial charge in [0, 0.05) is 0 Å². The van der Waals surface area contributed by atoms with Crippen LogP contribution in [0.1, 0.15) is 19.3 Å². The predicted molar refractivity (Wildman–Crippen MR) is 22.0 cm³/mol. The van der Waals surface area contributed by atoms with E-state index in [0.717, 1.165) is 12.8 Å². The van der Waals surface area contributed by atoms with Crippen LogP contribution in [-0.2, 0) is 0 Å². The molecule has 0 bridgehead atoms. The summed E-state index contributed by atoms with van der Waals surface area (Å²) in [6.07, 6.45) is 3.61. The number of hydrogen-bond donors (Lipinski definition) is 0. The normalized spacial score (nSPS) is 21.5. The molecule has 0 amide bonds. The van der Waals surface area contributed by atoms with Crippen LogP contribution in [0.4, 0.5) is 0 Å². The van der Waals surface area contributed by atoms with Gasteiger partial charge in [-0.1, -0.05) is 19.3 Å². The number of rotatable bonds is 0. The minimum atomic E-state index is 0. The van der Waals surface area contributed by atoms with Gasteiger partial charge in [-0.3, -0.25) is 0 Å². The second-order valence-corrected chi connectivity index (χ2v) is 1.63. The molecule has 0 aromatic carbocycles. The first-order valence-electron chi connectivity index (χ1n) is 2.11. The van der Waals surface area contributed by atoms with E-state index in [2.05, 4.69) is 0 Å². The van der Waals surface area contributed by atoms with Crippen LogP contribution < -0.4 is 51.4 Å². The molecule has 2 heteroatoms. The Morgan fingerprint density at radius 2 is 1.67 bits per heavy atom. The van der Waals surface area contributed by atoms with Crippen LogP contribution in [0.2, 0.25) is 0 Å². The van der Waals surface area contributed by atoms with Gasteiger partial charge >= 0.3 is 51.4 Å². The summed E-state index contributed by atoms with van der Waals surface area (Å²) < 4.78 is 0. The predicted octanol–water partition coefficient (Wildman–Crippen LogP) is -1.40. The molecule has 1 fully saturated rings. The van der Waals surface area contributed by atoms with Gasteiger partial charge < -0.3 is 5.73 Å². The molecule has 0 radical (unpaired) electrons. The summed E-state index contributed by atoms with van der Waals surface area (Å²) >= 11 is 0. The van der Waals surface area contributed by atoms with E-state index in [-0.39, 0.29) is 51.4 Å². The Hall–Kier alpha value is 1.60. The number of hydrogen-bond acceptors (Lipinski definition) is 0. The summed E-state index contributed by atoms with van der Waals surface area (Å²) in [4.78, 5) is 0. The molecule has 1 saturated carbocycles. The van der Waals surface area contributed by atoms with Crippen molar-refractivity contribution in [1.29, 1.82) is 0 Å². The van der Waals surface area contributed by atoms with Gasteiger partial charge in [-0.2, -0.15) is 0 Å². The van der Waals surface area contributed by atoms with Crippen LogP contribution in [0.5, 0.6) is 0 Å². The van der Waals surface area contributed by atoms with Crippen LogP contribution in [0, 0.1) is 0 Å². The fraction of sp³-hybridized carbons (Fsp3) is 1.00. The summed E-state index contributed by atoms with van der Waals surface area (Å²) in [7, 11) is 0. The Bertz CT molecular complexity index is 34.5. The molecule has 1 nitrogen and oxygen atoms in total. The zero-order valence-corrected chi connectivity index (χ0v) is 7.32. The first kappa shape index (κ1) is 7.60. The van der Waals surface area contributed by atoms with E-state index in [4.69, 9.17) is 5.73 Å². The van der Waals surface area contributed by atoms with Crippen molar-refractivity contribution in [2.24, 2.45) is 0 Å². The zero-order chi connectivity index (χ0) is 3.70. The third-order valence-electron chi connectivity index (χ3n) is 1.11. The van der Waals surface area contributed by atoms with Crippen molar-refractivity contribution in [2.75, 3.05) is 0 Å². The summed E-state index contributed by atoms with van der Waals surface area (Å²) in [5.41, 5.74) is 6.91. The maximum absolute atomic E-state index is 6.91. The molecule has 6 heavy (non-hydrogen) atoms. The summed E-state index contributed by atoms with van der Waals surface area (Å²) in [5, 5.41) is 0. The molecule has 0 aromatic rings. The van der Waals surface area contributed by atoms with Crippen molar-refractivity contribution in [1.82, 2.24) is 0 Å². The Kier molecular flexibility index (Phi) is 4.53. The zero-order valence-electron chi connectivity index (χ0n) is 4.20. The molecule has 0 aromatic heterocycles. The van der Waals surface area contributed by atoms with Crippen LogP contribution >= 0.6 is 0 Å². The fourth-order valence-corrected chi connectivity index (χ4v) is 0.408. The van der Waals surface area contributed by atoms with Gasteiger partial charge in [0.2, 0.25) is 0 Å². The Labute approximate surface area is 81.1 Å². The summed E-state index contributed by atoms with van der Waals surface area (Å²) in [5.74, 6) is 0. The summed E-state index contributed by atoms with van der Waals surface area (Å²) in [6.45, 7) is 0. The molecule has 0 atom stereocenters. The van der Waals surface area contributed by atoms with Crippen molar-refractivity contribution in [3.8, 4) is 0 Å². The van der Waals surface area contributed by atoms with Gasteiger partial charge in [-0.05, 0) is 0 Å². The molecule has 0 heterocycles. The standard InChI is InChI=1S/C4H8N.K/c5-4-2-1-3-4;/h4-5H,1-3H2;/q-1;+1. The first-order valence-corrected chi connectivity index (χ1v) is 2.11. The minimum Gasteiger partial charge on any atom is -0.675 e. The van der Waals surface area contributed by atoms with E-state index in [1.807, 2.05) is 0 Å². The van der Waals surface area contributed by atoms with Gasteiger partial charge in [0.25, 0.3) is 0 Å². The van der Waals surface area contributed by atoms with Gasteiger partial charge in [0.15, 0.2) is 0 Å². The first-order chi connectivity index (χ1) is 2.39.